The van der Waals surface area contributed by atoms with Crippen LogP contribution in [0.25, 0.3) is 0 Å². The molecule has 0 unspecified atom stereocenters. The van der Waals surface area contributed by atoms with E-state index in [1.165, 1.54) is 7.11 Å². The quantitative estimate of drug-likeness (QED) is 0.311. The van der Waals surface area contributed by atoms with Gasteiger partial charge in [-0.25, -0.2) is 0 Å². The maximum atomic E-state index is 11.8. The molecule has 22 heavy (non-hydrogen) atoms. The summed E-state index contributed by atoms with van der Waals surface area (Å²) in [6.07, 6.45) is 0.421. The molecular weight excluding hydrogens is 284 g/mol. The van der Waals surface area contributed by atoms with E-state index in [0.717, 1.165) is 5.56 Å². The summed E-state index contributed by atoms with van der Waals surface area (Å²) in [7, 11) is 1.29. The summed E-state index contributed by atoms with van der Waals surface area (Å²) in [5, 5.41) is 10.0. The van der Waals surface area contributed by atoms with E-state index in [0.29, 0.717) is 13.0 Å². The molecule has 0 saturated carbocycles. The van der Waals surface area contributed by atoms with E-state index >= 15 is 0 Å². The molecule has 0 aliphatic rings. The lowest BCUT2D eigenvalue weighted by Crippen LogP contribution is -2.39. The van der Waals surface area contributed by atoms with E-state index < -0.39 is 24.1 Å². The molecule has 1 aromatic carbocycles. The van der Waals surface area contributed by atoms with Gasteiger partial charge in [0.1, 0.15) is 12.7 Å². The van der Waals surface area contributed by atoms with Crippen LogP contribution < -0.4 is 0 Å². The second-order valence-electron chi connectivity index (χ2n) is 4.96. The van der Waals surface area contributed by atoms with Gasteiger partial charge in [0.05, 0.1) is 25.9 Å². The van der Waals surface area contributed by atoms with Gasteiger partial charge in [0.15, 0.2) is 0 Å². The van der Waals surface area contributed by atoms with Crippen molar-refractivity contribution < 1.29 is 24.1 Å². The molecule has 0 aliphatic heterocycles. The van der Waals surface area contributed by atoms with Gasteiger partial charge in [0, 0.05) is 0 Å². The van der Waals surface area contributed by atoms with E-state index in [-0.39, 0.29) is 6.79 Å². The molecular formula is C17H24O5. The summed E-state index contributed by atoms with van der Waals surface area (Å²) in [6.45, 7) is 5.72. The van der Waals surface area contributed by atoms with Gasteiger partial charge in [0.25, 0.3) is 0 Å². The lowest BCUT2D eigenvalue weighted by Gasteiger charge is -2.25. The minimum Gasteiger partial charge on any atom is -0.469 e. The van der Waals surface area contributed by atoms with Crippen LogP contribution in [-0.4, -0.2) is 37.2 Å². The molecule has 1 rings (SSSR count). The first-order valence-corrected chi connectivity index (χ1v) is 7.20. The maximum absolute atomic E-state index is 11.8. The molecule has 1 N–H and O–H groups in total. The van der Waals surface area contributed by atoms with E-state index in [1.54, 1.807) is 13.0 Å². The van der Waals surface area contributed by atoms with Crippen LogP contribution >= 0.6 is 0 Å². The standard InChI is InChI=1S/C17H24O5/c1-4-8-15(18)16(17(19)20-3)13(2)22-12-21-11-14-9-6-5-7-10-14/h4-7,9-10,13,15-16,18H,1,8,11-12H2,2-3H3/t13-,15+,16-/m1/s1. The molecule has 0 fully saturated rings. The number of rotatable bonds is 10. The van der Waals surface area contributed by atoms with Crippen LogP contribution in [0, 0.1) is 5.92 Å². The number of hydrogen-bond donors (Lipinski definition) is 1. The van der Waals surface area contributed by atoms with Crippen molar-refractivity contribution >= 4 is 5.97 Å². The maximum Gasteiger partial charge on any atom is 0.313 e. The second-order valence-corrected chi connectivity index (χ2v) is 4.96. The third kappa shape index (κ3) is 5.97. The van der Waals surface area contributed by atoms with Gasteiger partial charge in [0.2, 0.25) is 0 Å². The molecule has 0 bridgehead atoms. The van der Waals surface area contributed by atoms with Gasteiger partial charge in [-0.15, -0.1) is 6.58 Å². The summed E-state index contributed by atoms with van der Waals surface area (Å²) in [5.74, 6) is -1.28. The van der Waals surface area contributed by atoms with Crippen LogP contribution in [0.2, 0.25) is 0 Å². The number of methoxy groups -OCH3 is 1. The Kier molecular flexibility index (Phi) is 8.43. The summed E-state index contributed by atoms with van der Waals surface area (Å²) in [6, 6.07) is 9.70. The van der Waals surface area contributed by atoms with E-state index in [1.807, 2.05) is 30.3 Å². The van der Waals surface area contributed by atoms with Crippen molar-refractivity contribution in [1.82, 2.24) is 0 Å². The van der Waals surface area contributed by atoms with Crippen LogP contribution in [0.1, 0.15) is 18.9 Å². The highest BCUT2D eigenvalue weighted by Gasteiger charge is 2.33. The number of esters is 1. The van der Waals surface area contributed by atoms with Crippen LogP contribution in [0.5, 0.6) is 0 Å². The van der Waals surface area contributed by atoms with Crippen LogP contribution in [-0.2, 0) is 25.6 Å². The average molecular weight is 308 g/mol. The normalized spacial score (nSPS) is 14.9. The Bertz CT molecular complexity index is 446. The Balaban J connectivity index is 2.44. The summed E-state index contributed by atoms with van der Waals surface area (Å²) in [5.41, 5.74) is 1.04. The molecule has 122 valence electrons. The minimum absolute atomic E-state index is 0.0321. The highest BCUT2D eigenvalue weighted by molar-refractivity contribution is 5.73. The van der Waals surface area contributed by atoms with Gasteiger partial charge in [-0.05, 0) is 18.9 Å². The van der Waals surface area contributed by atoms with Crippen LogP contribution in [0.15, 0.2) is 43.0 Å². The smallest absolute Gasteiger partial charge is 0.313 e. The molecule has 1 aromatic rings. The van der Waals surface area contributed by atoms with E-state index in [9.17, 15) is 9.90 Å². The number of aliphatic hydroxyl groups excluding tert-OH is 1. The molecule has 5 nitrogen and oxygen atoms in total. The van der Waals surface area contributed by atoms with Gasteiger partial charge in [-0.2, -0.15) is 0 Å². The number of hydrogen-bond acceptors (Lipinski definition) is 5. The molecule has 0 aliphatic carbocycles. The zero-order valence-electron chi connectivity index (χ0n) is 13.1. The van der Waals surface area contributed by atoms with Crippen molar-refractivity contribution in [2.24, 2.45) is 5.92 Å². The Labute approximate surface area is 131 Å². The lowest BCUT2D eigenvalue weighted by molar-refractivity contribution is -0.165. The van der Waals surface area contributed by atoms with Gasteiger partial charge < -0.3 is 19.3 Å². The van der Waals surface area contributed by atoms with Crippen LogP contribution in [0.4, 0.5) is 0 Å². The first kappa shape index (κ1) is 18.4. The Morgan fingerprint density at radius 2 is 2.05 bits per heavy atom. The SMILES string of the molecule is C=CC[C@H](O)[C@H](C(=O)OC)[C@@H](C)OCOCc1ccccc1. The number of aliphatic hydroxyl groups is 1. The monoisotopic (exact) mass is 308 g/mol. The number of ether oxygens (including phenoxy) is 3. The van der Waals surface area contributed by atoms with Crippen molar-refractivity contribution in [3.05, 3.63) is 48.6 Å². The van der Waals surface area contributed by atoms with Crippen molar-refractivity contribution in [2.45, 2.75) is 32.2 Å². The average Bonchev–Trinajstić information content (AvgIpc) is 2.53. The number of benzene rings is 1. The van der Waals surface area contributed by atoms with Gasteiger partial charge in [-0.1, -0.05) is 36.4 Å². The zero-order valence-corrected chi connectivity index (χ0v) is 13.1. The van der Waals surface area contributed by atoms with Crippen LogP contribution in [0.3, 0.4) is 0 Å². The molecule has 0 spiro atoms. The van der Waals surface area contributed by atoms with E-state index in [2.05, 4.69) is 6.58 Å². The molecule has 5 heteroatoms. The first-order valence-electron chi connectivity index (χ1n) is 7.20. The predicted molar refractivity (Wildman–Crippen MR) is 83.0 cm³/mol. The molecule has 0 aromatic heterocycles. The molecule has 0 saturated heterocycles. The first-order chi connectivity index (χ1) is 10.6. The second kappa shape index (κ2) is 10.1. The third-order valence-electron chi connectivity index (χ3n) is 3.33. The minimum atomic E-state index is -0.894. The van der Waals surface area contributed by atoms with Crippen molar-refractivity contribution in [1.29, 1.82) is 0 Å². The lowest BCUT2D eigenvalue weighted by atomic mass is 9.94. The van der Waals surface area contributed by atoms with E-state index in [4.69, 9.17) is 14.2 Å². The molecule has 3 atom stereocenters. The Morgan fingerprint density at radius 1 is 1.36 bits per heavy atom. The molecule has 0 heterocycles. The molecule has 0 amide bonds. The highest BCUT2D eigenvalue weighted by atomic mass is 16.7. The summed E-state index contributed by atoms with van der Waals surface area (Å²) >= 11 is 0. The summed E-state index contributed by atoms with van der Waals surface area (Å²) < 4.78 is 15.6. The van der Waals surface area contributed by atoms with Crippen molar-refractivity contribution in [3.8, 4) is 0 Å². The Morgan fingerprint density at radius 3 is 2.64 bits per heavy atom. The Hall–Kier alpha value is -1.69. The topological polar surface area (TPSA) is 65.0 Å². The predicted octanol–water partition coefficient (Wildman–Crippen LogP) is 2.29. The number of carbonyl (C=O) groups is 1. The fourth-order valence-electron chi connectivity index (χ4n) is 2.11. The zero-order chi connectivity index (χ0) is 16.4. The third-order valence-corrected chi connectivity index (χ3v) is 3.33. The fourth-order valence-corrected chi connectivity index (χ4v) is 2.11. The molecule has 0 radical (unpaired) electrons. The number of carbonyl (C=O) groups excluding carboxylic acids is 1. The van der Waals surface area contributed by atoms with Crippen molar-refractivity contribution in [3.63, 3.8) is 0 Å². The van der Waals surface area contributed by atoms with Gasteiger partial charge >= 0.3 is 5.97 Å². The van der Waals surface area contributed by atoms with Crippen molar-refractivity contribution in [2.75, 3.05) is 13.9 Å². The van der Waals surface area contributed by atoms with Gasteiger partial charge in [-0.3, -0.25) is 4.79 Å². The highest BCUT2D eigenvalue weighted by Crippen LogP contribution is 2.18. The summed E-state index contributed by atoms with van der Waals surface area (Å²) in [4.78, 5) is 11.8. The largest absolute Gasteiger partial charge is 0.469 e. The fraction of sp³-hybridized carbons (Fsp3) is 0.471.